The molecule has 0 spiro atoms. The Morgan fingerprint density at radius 3 is 2.43 bits per heavy atom. The minimum absolute atomic E-state index is 0.0370. The van der Waals surface area contributed by atoms with Crippen LogP contribution >= 0.6 is 11.6 Å². The smallest absolute Gasteiger partial charge is 0.291 e. The highest BCUT2D eigenvalue weighted by molar-refractivity contribution is 6.30. The van der Waals surface area contributed by atoms with Crippen LogP contribution in [0.1, 0.15) is 11.1 Å². The molecular weight excluding hydrogens is 217 g/mol. The second-order valence-corrected chi connectivity index (χ2v) is 3.10. The molecule has 0 atom stereocenters. The summed E-state index contributed by atoms with van der Waals surface area (Å²) in [6.45, 7) is 0. The average molecular weight is 222 g/mol. The van der Waals surface area contributed by atoms with Gasteiger partial charge in [-0.05, 0) is 23.8 Å². The summed E-state index contributed by atoms with van der Waals surface area (Å²) in [5.74, 6) is 0. The molecule has 0 saturated carbocycles. The third-order valence-electron chi connectivity index (χ3n) is 1.56. The van der Waals surface area contributed by atoms with E-state index in [0.717, 1.165) is 12.1 Å². The van der Waals surface area contributed by atoms with Gasteiger partial charge in [-0.2, -0.15) is 13.2 Å². The van der Waals surface area contributed by atoms with E-state index in [2.05, 4.69) is 0 Å². The molecule has 0 aliphatic heterocycles. The van der Waals surface area contributed by atoms with E-state index < -0.39 is 11.7 Å². The van der Waals surface area contributed by atoms with Gasteiger partial charge in [0.25, 0.3) is 0 Å². The summed E-state index contributed by atoms with van der Waals surface area (Å²) >= 11 is 5.46. The van der Waals surface area contributed by atoms with Crippen LogP contribution in [0.15, 0.2) is 18.2 Å². The summed E-state index contributed by atoms with van der Waals surface area (Å²) in [6, 6.07) is 3.01. The Balaban J connectivity index is 3.13. The zero-order chi connectivity index (χ0) is 10.8. The molecule has 0 amide bonds. The Morgan fingerprint density at radius 1 is 1.29 bits per heavy atom. The van der Waals surface area contributed by atoms with E-state index in [-0.39, 0.29) is 17.0 Å². The van der Waals surface area contributed by atoms with Crippen LogP contribution in [0.5, 0.6) is 0 Å². The lowest BCUT2D eigenvalue weighted by atomic mass is 10.1. The highest BCUT2D eigenvalue weighted by Crippen LogP contribution is 2.31. The molecule has 0 heterocycles. The van der Waals surface area contributed by atoms with E-state index >= 15 is 0 Å². The molecule has 0 saturated heterocycles. The molecular formula is C9H5ClF3O. The lowest BCUT2D eigenvalue weighted by Gasteiger charge is -2.08. The van der Waals surface area contributed by atoms with E-state index in [1.165, 1.54) is 12.4 Å². The highest BCUT2D eigenvalue weighted by atomic mass is 35.5. The van der Waals surface area contributed by atoms with Gasteiger partial charge in [-0.15, -0.1) is 0 Å². The zero-order valence-corrected chi connectivity index (χ0v) is 7.62. The minimum atomic E-state index is -4.44. The molecule has 0 aliphatic rings. The topological polar surface area (TPSA) is 17.1 Å². The number of carbonyl (C=O) groups excluding carboxylic acids is 1. The van der Waals surface area contributed by atoms with Crippen LogP contribution in [0.25, 0.3) is 0 Å². The molecule has 1 radical (unpaired) electrons. The van der Waals surface area contributed by atoms with Crippen molar-refractivity contribution in [2.75, 3.05) is 0 Å². The van der Waals surface area contributed by atoms with E-state index in [0.29, 0.717) is 0 Å². The van der Waals surface area contributed by atoms with E-state index in [4.69, 9.17) is 11.6 Å². The molecule has 5 heteroatoms. The summed E-state index contributed by atoms with van der Waals surface area (Å²) in [5, 5.41) is -0.0370. The maximum atomic E-state index is 12.2. The van der Waals surface area contributed by atoms with Gasteiger partial charge >= 0.3 is 6.18 Å². The molecule has 0 unspecified atom stereocenters. The fourth-order valence-corrected chi connectivity index (χ4v) is 1.26. The average Bonchev–Trinajstić information content (AvgIpc) is 2.02. The standard InChI is InChI=1S/C9H5ClF3O/c10-8-4-6(1-2-14)3-7(5-8)9(11,12)13/h3-5H,1H2. The molecule has 14 heavy (non-hydrogen) atoms. The Hall–Kier alpha value is -1.03. The van der Waals surface area contributed by atoms with Crippen molar-refractivity contribution in [3.63, 3.8) is 0 Å². The minimum Gasteiger partial charge on any atom is -0.291 e. The van der Waals surface area contributed by atoms with Gasteiger partial charge in [0.15, 0.2) is 0 Å². The van der Waals surface area contributed by atoms with Crippen LogP contribution in [0.4, 0.5) is 13.2 Å². The zero-order valence-electron chi connectivity index (χ0n) is 6.86. The van der Waals surface area contributed by atoms with Crippen molar-refractivity contribution in [1.82, 2.24) is 0 Å². The molecule has 1 rings (SSSR count). The summed E-state index contributed by atoms with van der Waals surface area (Å²) in [6.07, 6.45) is -3.12. The van der Waals surface area contributed by atoms with Gasteiger partial charge in [-0.1, -0.05) is 11.6 Å². The fourth-order valence-electron chi connectivity index (χ4n) is 0.999. The van der Waals surface area contributed by atoms with Gasteiger partial charge in [0.1, 0.15) is 0 Å². The molecule has 0 aliphatic carbocycles. The maximum Gasteiger partial charge on any atom is 0.416 e. The Morgan fingerprint density at radius 2 is 1.93 bits per heavy atom. The number of alkyl halides is 3. The maximum absolute atomic E-state index is 12.2. The van der Waals surface area contributed by atoms with Crippen molar-refractivity contribution >= 4 is 17.9 Å². The van der Waals surface area contributed by atoms with Gasteiger partial charge in [-0.25, -0.2) is 0 Å². The second-order valence-electron chi connectivity index (χ2n) is 2.67. The monoisotopic (exact) mass is 221 g/mol. The molecule has 0 fully saturated rings. The van der Waals surface area contributed by atoms with Gasteiger partial charge in [0.2, 0.25) is 6.29 Å². The normalized spacial score (nSPS) is 11.4. The molecule has 0 N–H and O–H groups in total. The van der Waals surface area contributed by atoms with Gasteiger partial charge in [-0.3, -0.25) is 4.79 Å². The second kappa shape index (κ2) is 4.00. The Bertz CT molecular complexity index is 346. The number of halogens is 4. The summed E-state index contributed by atoms with van der Waals surface area (Å²) in [7, 11) is 0. The van der Waals surface area contributed by atoms with Crippen LogP contribution in [-0.4, -0.2) is 6.29 Å². The SMILES string of the molecule is O=[C]Cc1cc(Cl)cc(C(F)(F)F)c1. The van der Waals surface area contributed by atoms with Crippen molar-refractivity contribution in [1.29, 1.82) is 0 Å². The van der Waals surface area contributed by atoms with E-state index in [1.807, 2.05) is 0 Å². The van der Waals surface area contributed by atoms with Crippen molar-refractivity contribution in [3.05, 3.63) is 34.3 Å². The molecule has 0 bridgehead atoms. The third kappa shape index (κ3) is 2.73. The quantitative estimate of drug-likeness (QED) is 0.750. The van der Waals surface area contributed by atoms with E-state index in [1.54, 1.807) is 0 Å². The van der Waals surface area contributed by atoms with Crippen LogP contribution in [0.3, 0.4) is 0 Å². The van der Waals surface area contributed by atoms with Crippen molar-refractivity contribution in [2.45, 2.75) is 12.6 Å². The van der Waals surface area contributed by atoms with Gasteiger partial charge in [0.05, 0.1) is 5.56 Å². The molecule has 1 aromatic carbocycles. The van der Waals surface area contributed by atoms with Gasteiger partial charge in [0, 0.05) is 11.4 Å². The number of rotatable bonds is 2. The Kier molecular flexibility index (Phi) is 3.16. The largest absolute Gasteiger partial charge is 0.416 e. The molecule has 1 aromatic rings. The van der Waals surface area contributed by atoms with Crippen molar-refractivity contribution in [2.24, 2.45) is 0 Å². The number of benzene rings is 1. The van der Waals surface area contributed by atoms with Gasteiger partial charge < -0.3 is 0 Å². The predicted molar refractivity (Wildman–Crippen MR) is 45.9 cm³/mol. The van der Waals surface area contributed by atoms with Crippen LogP contribution in [0.2, 0.25) is 5.02 Å². The predicted octanol–water partition coefficient (Wildman–Crippen LogP) is 3.01. The summed E-state index contributed by atoms with van der Waals surface area (Å²) in [5.41, 5.74) is -0.643. The summed E-state index contributed by atoms with van der Waals surface area (Å²) in [4.78, 5) is 10.00. The number of hydrogen-bond donors (Lipinski definition) is 0. The van der Waals surface area contributed by atoms with Crippen molar-refractivity contribution < 1.29 is 18.0 Å². The summed E-state index contributed by atoms with van der Waals surface area (Å²) < 4.78 is 36.7. The number of hydrogen-bond acceptors (Lipinski definition) is 1. The first-order valence-corrected chi connectivity index (χ1v) is 4.03. The fraction of sp³-hybridized carbons (Fsp3) is 0.222. The lowest BCUT2D eigenvalue weighted by Crippen LogP contribution is -2.05. The molecule has 1 nitrogen and oxygen atoms in total. The first-order valence-electron chi connectivity index (χ1n) is 3.65. The third-order valence-corrected chi connectivity index (χ3v) is 1.78. The lowest BCUT2D eigenvalue weighted by molar-refractivity contribution is -0.137. The van der Waals surface area contributed by atoms with Crippen LogP contribution < -0.4 is 0 Å². The molecule has 75 valence electrons. The van der Waals surface area contributed by atoms with Crippen LogP contribution in [-0.2, 0) is 17.4 Å². The first-order chi connectivity index (χ1) is 6.43. The molecule has 0 aromatic heterocycles. The highest BCUT2D eigenvalue weighted by Gasteiger charge is 2.30. The Labute approximate surface area is 83.5 Å². The van der Waals surface area contributed by atoms with Crippen molar-refractivity contribution in [3.8, 4) is 0 Å². The van der Waals surface area contributed by atoms with Crippen LogP contribution in [0, 0.1) is 0 Å². The first kappa shape index (κ1) is 11.0. The van der Waals surface area contributed by atoms with E-state index in [9.17, 15) is 18.0 Å².